The van der Waals surface area contributed by atoms with Crippen molar-refractivity contribution in [2.45, 2.75) is 26.8 Å². The Bertz CT molecular complexity index is 596. The predicted molar refractivity (Wildman–Crippen MR) is 95.4 cm³/mol. The van der Waals surface area contributed by atoms with Gasteiger partial charge in [-0.05, 0) is 71.2 Å². The van der Waals surface area contributed by atoms with Gasteiger partial charge in [0.25, 0.3) is 0 Å². The highest BCUT2D eigenvalue weighted by atomic mass is 79.9. The van der Waals surface area contributed by atoms with Gasteiger partial charge in [0.2, 0.25) is 0 Å². The van der Waals surface area contributed by atoms with Gasteiger partial charge in [0, 0.05) is 23.8 Å². The normalized spacial score (nSPS) is 10.7. The van der Waals surface area contributed by atoms with Gasteiger partial charge in [-0.3, -0.25) is 0 Å². The number of halogens is 1. The van der Waals surface area contributed by atoms with Crippen LogP contribution in [0, 0.1) is 6.92 Å². The smallest absolute Gasteiger partial charge is 0.0552 e. The van der Waals surface area contributed by atoms with Crippen molar-refractivity contribution in [1.29, 1.82) is 0 Å². The number of hydrogen-bond acceptors (Lipinski definition) is 2. The van der Waals surface area contributed by atoms with Crippen molar-refractivity contribution in [3.63, 3.8) is 0 Å². The molecular formula is C18H23BrN2. The fourth-order valence-electron chi connectivity index (χ4n) is 2.32. The summed E-state index contributed by atoms with van der Waals surface area (Å²) in [5.74, 6) is 0. The van der Waals surface area contributed by atoms with Gasteiger partial charge in [-0.1, -0.05) is 25.1 Å². The second-order valence-electron chi connectivity index (χ2n) is 5.36. The Balaban J connectivity index is 2.16. The number of rotatable bonds is 6. The maximum atomic E-state index is 3.70. The molecule has 2 aromatic rings. The standard InChI is InChI=1S/C18H23BrN2/c1-4-10-20-13-15-8-9-18(17(19)12-15)21(3)16-7-5-6-14(2)11-16/h5-9,11-12,20H,4,10,13H2,1-3H3. The van der Waals surface area contributed by atoms with E-state index in [4.69, 9.17) is 0 Å². The molecule has 2 nitrogen and oxygen atoms in total. The quantitative estimate of drug-likeness (QED) is 0.738. The molecule has 3 heteroatoms. The molecule has 21 heavy (non-hydrogen) atoms. The van der Waals surface area contributed by atoms with Crippen molar-refractivity contribution < 1.29 is 0 Å². The maximum absolute atomic E-state index is 3.70. The van der Waals surface area contributed by atoms with Crippen LogP contribution >= 0.6 is 15.9 Å². The molecule has 0 fully saturated rings. The highest BCUT2D eigenvalue weighted by molar-refractivity contribution is 9.10. The Hall–Kier alpha value is -1.32. The van der Waals surface area contributed by atoms with Gasteiger partial charge >= 0.3 is 0 Å². The molecule has 0 radical (unpaired) electrons. The lowest BCUT2D eigenvalue weighted by atomic mass is 10.1. The number of nitrogens with one attached hydrogen (secondary N) is 1. The molecule has 0 aliphatic rings. The summed E-state index contributed by atoms with van der Waals surface area (Å²) in [6.45, 7) is 6.28. The largest absolute Gasteiger partial charge is 0.344 e. The van der Waals surface area contributed by atoms with Crippen molar-refractivity contribution >= 4 is 27.3 Å². The second kappa shape index (κ2) is 7.62. The summed E-state index contributed by atoms with van der Waals surface area (Å²) in [6, 6.07) is 15.1. The second-order valence-corrected chi connectivity index (χ2v) is 6.21. The molecule has 2 aromatic carbocycles. The third-order valence-electron chi connectivity index (χ3n) is 3.52. The molecular weight excluding hydrogens is 324 g/mol. The molecule has 0 bridgehead atoms. The molecule has 0 saturated heterocycles. The molecule has 0 unspecified atom stereocenters. The lowest BCUT2D eigenvalue weighted by Crippen LogP contribution is -2.14. The number of nitrogens with zero attached hydrogens (tertiary/aromatic N) is 1. The predicted octanol–water partition coefficient (Wildman–Crippen LogP) is 5.03. The molecule has 112 valence electrons. The zero-order chi connectivity index (χ0) is 15.2. The molecule has 0 heterocycles. The van der Waals surface area contributed by atoms with Crippen molar-refractivity contribution in [3.8, 4) is 0 Å². The monoisotopic (exact) mass is 346 g/mol. The summed E-state index contributed by atoms with van der Waals surface area (Å²) < 4.78 is 1.13. The number of benzene rings is 2. The van der Waals surface area contributed by atoms with E-state index in [2.05, 4.69) is 89.5 Å². The Kier molecular flexibility index (Phi) is 5.83. The molecule has 0 aliphatic carbocycles. The first-order chi connectivity index (χ1) is 10.1. The van der Waals surface area contributed by atoms with Gasteiger partial charge in [-0.15, -0.1) is 0 Å². The van der Waals surface area contributed by atoms with Crippen LogP contribution in [0.2, 0.25) is 0 Å². The van der Waals surface area contributed by atoms with Crippen LogP contribution in [0.4, 0.5) is 11.4 Å². The third-order valence-corrected chi connectivity index (χ3v) is 4.15. The van der Waals surface area contributed by atoms with Crippen LogP contribution in [0.5, 0.6) is 0 Å². The lowest BCUT2D eigenvalue weighted by molar-refractivity contribution is 0.675. The van der Waals surface area contributed by atoms with E-state index in [1.807, 2.05) is 0 Å². The topological polar surface area (TPSA) is 15.3 Å². The molecule has 0 spiro atoms. The van der Waals surface area contributed by atoms with E-state index in [-0.39, 0.29) is 0 Å². The summed E-state index contributed by atoms with van der Waals surface area (Å²) in [6.07, 6.45) is 1.16. The van der Waals surface area contributed by atoms with Gasteiger partial charge in [0.1, 0.15) is 0 Å². The summed E-state index contributed by atoms with van der Waals surface area (Å²) in [7, 11) is 2.10. The number of aryl methyl sites for hydroxylation is 1. The van der Waals surface area contributed by atoms with E-state index in [9.17, 15) is 0 Å². The van der Waals surface area contributed by atoms with Crippen molar-refractivity contribution in [2.24, 2.45) is 0 Å². The van der Waals surface area contributed by atoms with Crippen molar-refractivity contribution in [1.82, 2.24) is 5.32 Å². The molecule has 0 amide bonds. The molecule has 2 rings (SSSR count). The van der Waals surface area contributed by atoms with Gasteiger partial charge in [-0.2, -0.15) is 0 Å². The van der Waals surface area contributed by atoms with Crippen LogP contribution in [0.1, 0.15) is 24.5 Å². The summed E-state index contributed by atoms with van der Waals surface area (Å²) >= 11 is 3.70. The van der Waals surface area contributed by atoms with Crippen LogP contribution in [0.3, 0.4) is 0 Å². The molecule has 0 saturated carbocycles. The van der Waals surface area contributed by atoms with E-state index >= 15 is 0 Å². The van der Waals surface area contributed by atoms with E-state index in [1.54, 1.807) is 0 Å². The minimum atomic E-state index is 0.918. The molecule has 1 N–H and O–H groups in total. The Morgan fingerprint density at radius 1 is 1.14 bits per heavy atom. The van der Waals surface area contributed by atoms with Crippen molar-refractivity contribution in [2.75, 3.05) is 18.5 Å². The first kappa shape index (κ1) is 16.1. The molecule has 0 aliphatic heterocycles. The van der Waals surface area contributed by atoms with Crippen LogP contribution in [-0.2, 0) is 6.54 Å². The first-order valence-corrected chi connectivity index (χ1v) is 8.20. The summed E-state index contributed by atoms with van der Waals surface area (Å²) in [4.78, 5) is 2.21. The summed E-state index contributed by atoms with van der Waals surface area (Å²) in [5.41, 5.74) is 4.96. The zero-order valence-electron chi connectivity index (χ0n) is 13.0. The van der Waals surface area contributed by atoms with E-state index < -0.39 is 0 Å². The van der Waals surface area contributed by atoms with Crippen molar-refractivity contribution in [3.05, 3.63) is 58.1 Å². The highest BCUT2D eigenvalue weighted by Crippen LogP contribution is 2.31. The fraction of sp³-hybridized carbons (Fsp3) is 0.333. The minimum Gasteiger partial charge on any atom is -0.344 e. The zero-order valence-corrected chi connectivity index (χ0v) is 14.6. The maximum Gasteiger partial charge on any atom is 0.0552 e. The SMILES string of the molecule is CCCNCc1ccc(N(C)c2cccc(C)c2)c(Br)c1. The van der Waals surface area contributed by atoms with Crippen LogP contribution in [0.15, 0.2) is 46.9 Å². The molecule has 0 atom stereocenters. The Labute approximate surface area is 136 Å². The number of anilines is 2. The fourth-order valence-corrected chi connectivity index (χ4v) is 3.01. The van der Waals surface area contributed by atoms with Gasteiger partial charge in [0.05, 0.1) is 5.69 Å². The van der Waals surface area contributed by atoms with E-state index in [0.29, 0.717) is 0 Å². The van der Waals surface area contributed by atoms with Crippen LogP contribution < -0.4 is 10.2 Å². The average molecular weight is 347 g/mol. The molecule has 0 aromatic heterocycles. The van der Waals surface area contributed by atoms with Gasteiger partial charge < -0.3 is 10.2 Å². The summed E-state index contributed by atoms with van der Waals surface area (Å²) in [5, 5.41) is 3.43. The highest BCUT2D eigenvalue weighted by Gasteiger charge is 2.08. The van der Waals surface area contributed by atoms with E-state index in [0.717, 1.165) is 24.0 Å². The Morgan fingerprint density at radius 3 is 2.62 bits per heavy atom. The van der Waals surface area contributed by atoms with Gasteiger partial charge in [0.15, 0.2) is 0 Å². The van der Waals surface area contributed by atoms with Crippen LogP contribution in [0.25, 0.3) is 0 Å². The first-order valence-electron chi connectivity index (χ1n) is 7.41. The lowest BCUT2D eigenvalue weighted by Gasteiger charge is -2.22. The number of hydrogen-bond donors (Lipinski definition) is 1. The third kappa shape index (κ3) is 4.32. The van der Waals surface area contributed by atoms with Gasteiger partial charge in [-0.25, -0.2) is 0 Å². The average Bonchev–Trinajstić information content (AvgIpc) is 2.47. The Morgan fingerprint density at radius 2 is 1.95 bits per heavy atom. The van der Waals surface area contributed by atoms with Crippen LogP contribution in [-0.4, -0.2) is 13.6 Å². The minimum absolute atomic E-state index is 0.918. The van der Waals surface area contributed by atoms with E-state index in [1.165, 1.54) is 22.5 Å².